The molecule has 18 heavy (non-hydrogen) atoms. The standard InChI is InChI=1S/C10H15N3O4S/c1-7(2)6-18(16,17)10-9(13(14)15)5-12(11-10)8-3-4-8/h5,7-8H,3-4,6H2,1-2H3. The molecule has 1 fully saturated rings. The molecule has 0 amide bonds. The average Bonchev–Trinajstić information content (AvgIpc) is 2.94. The van der Waals surface area contributed by atoms with Crippen LogP contribution in [0.3, 0.4) is 0 Å². The maximum Gasteiger partial charge on any atom is 0.326 e. The van der Waals surface area contributed by atoms with Crippen LogP contribution in [0.25, 0.3) is 0 Å². The maximum atomic E-state index is 12.0. The van der Waals surface area contributed by atoms with Crippen molar-refractivity contribution in [2.45, 2.75) is 37.8 Å². The fraction of sp³-hybridized carbons (Fsp3) is 0.700. The summed E-state index contributed by atoms with van der Waals surface area (Å²) in [5, 5.41) is 14.4. The van der Waals surface area contributed by atoms with E-state index in [1.54, 1.807) is 13.8 Å². The van der Waals surface area contributed by atoms with E-state index in [1.807, 2.05) is 0 Å². The highest BCUT2D eigenvalue weighted by molar-refractivity contribution is 7.91. The lowest BCUT2D eigenvalue weighted by molar-refractivity contribution is -0.387. The molecule has 0 N–H and O–H groups in total. The van der Waals surface area contributed by atoms with Crippen molar-refractivity contribution < 1.29 is 13.3 Å². The van der Waals surface area contributed by atoms with Crippen molar-refractivity contribution in [1.82, 2.24) is 9.78 Å². The number of rotatable bonds is 5. The van der Waals surface area contributed by atoms with Gasteiger partial charge in [-0.15, -0.1) is 0 Å². The largest absolute Gasteiger partial charge is 0.326 e. The van der Waals surface area contributed by atoms with Gasteiger partial charge in [-0.2, -0.15) is 5.10 Å². The van der Waals surface area contributed by atoms with Gasteiger partial charge >= 0.3 is 5.69 Å². The first-order chi connectivity index (χ1) is 8.31. The summed E-state index contributed by atoms with van der Waals surface area (Å²) in [5.74, 6) is -0.226. The Morgan fingerprint density at radius 1 is 1.56 bits per heavy atom. The first-order valence-electron chi connectivity index (χ1n) is 5.77. The third-order valence-electron chi connectivity index (χ3n) is 2.64. The maximum absolute atomic E-state index is 12.0. The molecule has 0 spiro atoms. The van der Waals surface area contributed by atoms with Crippen LogP contribution in [0, 0.1) is 16.0 Å². The minimum atomic E-state index is -3.69. The van der Waals surface area contributed by atoms with Gasteiger partial charge in [0.05, 0.1) is 16.7 Å². The molecule has 0 radical (unpaired) electrons. The second-order valence-electron chi connectivity index (χ2n) is 4.96. The molecule has 1 saturated carbocycles. The highest BCUT2D eigenvalue weighted by atomic mass is 32.2. The van der Waals surface area contributed by atoms with Crippen LogP contribution in [0.5, 0.6) is 0 Å². The van der Waals surface area contributed by atoms with Crippen LogP contribution in [0.2, 0.25) is 0 Å². The molecular formula is C10H15N3O4S. The molecule has 0 aliphatic heterocycles. The first-order valence-corrected chi connectivity index (χ1v) is 7.43. The first kappa shape index (κ1) is 13.0. The van der Waals surface area contributed by atoms with Crippen molar-refractivity contribution in [3.8, 4) is 0 Å². The van der Waals surface area contributed by atoms with Gasteiger partial charge in [0.25, 0.3) is 5.03 Å². The number of hydrogen-bond donors (Lipinski definition) is 0. The van der Waals surface area contributed by atoms with E-state index in [9.17, 15) is 18.5 Å². The zero-order valence-corrected chi connectivity index (χ0v) is 11.1. The molecule has 7 nitrogen and oxygen atoms in total. The average molecular weight is 273 g/mol. The van der Waals surface area contributed by atoms with E-state index in [1.165, 1.54) is 10.9 Å². The number of aromatic nitrogens is 2. The monoisotopic (exact) mass is 273 g/mol. The van der Waals surface area contributed by atoms with E-state index >= 15 is 0 Å². The fourth-order valence-electron chi connectivity index (χ4n) is 1.76. The van der Waals surface area contributed by atoms with Gasteiger partial charge in [0.2, 0.25) is 9.84 Å². The quantitative estimate of drug-likeness (QED) is 0.599. The summed E-state index contributed by atoms with van der Waals surface area (Å²) in [5.41, 5.74) is -0.414. The molecule has 1 aliphatic carbocycles. The van der Waals surface area contributed by atoms with Crippen LogP contribution >= 0.6 is 0 Å². The Bertz CT molecular complexity index is 572. The normalized spacial score (nSPS) is 16.2. The molecule has 0 bridgehead atoms. The lowest BCUT2D eigenvalue weighted by Gasteiger charge is -2.03. The Labute approximate surface area is 105 Å². The van der Waals surface area contributed by atoms with Crippen molar-refractivity contribution in [2.24, 2.45) is 5.92 Å². The predicted molar refractivity (Wildman–Crippen MR) is 64.0 cm³/mol. The smallest absolute Gasteiger partial charge is 0.261 e. The molecule has 2 rings (SSSR count). The van der Waals surface area contributed by atoms with E-state index in [4.69, 9.17) is 0 Å². The minimum absolute atomic E-state index is 0.0966. The predicted octanol–water partition coefficient (Wildman–Crippen LogP) is 1.56. The lowest BCUT2D eigenvalue weighted by Crippen LogP contribution is -2.14. The number of hydrogen-bond acceptors (Lipinski definition) is 5. The topological polar surface area (TPSA) is 95.1 Å². The molecule has 0 saturated heterocycles. The Morgan fingerprint density at radius 3 is 2.61 bits per heavy atom. The van der Waals surface area contributed by atoms with Crippen molar-refractivity contribution in [1.29, 1.82) is 0 Å². The van der Waals surface area contributed by atoms with Crippen LogP contribution in [0.4, 0.5) is 5.69 Å². The minimum Gasteiger partial charge on any atom is -0.261 e. The SMILES string of the molecule is CC(C)CS(=O)(=O)c1nn(C2CC2)cc1[N+](=O)[O-]. The van der Waals surface area contributed by atoms with Gasteiger partial charge in [-0.1, -0.05) is 13.8 Å². The van der Waals surface area contributed by atoms with Crippen molar-refractivity contribution in [2.75, 3.05) is 5.75 Å². The highest BCUT2D eigenvalue weighted by Crippen LogP contribution is 2.37. The summed E-state index contributed by atoms with van der Waals surface area (Å²) in [6.45, 7) is 3.50. The molecule has 0 atom stereocenters. The molecule has 1 aromatic rings. The molecule has 0 unspecified atom stereocenters. The van der Waals surface area contributed by atoms with Crippen LogP contribution in [-0.4, -0.2) is 28.9 Å². The van der Waals surface area contributed by atoms with E-state index in [0.29, 0.717) is 0 Å². The van der Waals surface area contributed by atoms with E-state index in [-0.39, 0.29) is 17.7 Å². The van der Waals surface area contributed by atoms with Gasteiger partial charge < -0.3 is 0 Å². The Hall–Kier alpha value is -1.44. The Kier molecular flexibility index (Phi) is 3.14. The van der Waals surface area contributed by atoms with Crippen molar-refractivity contribution >= 4 is 15.5 Å². The van der Waals surface area contributed by atoms with Gasteiger partial charge in [-0.3, -0.25) is 14.8 Å². The Balaban J connectivity index is 2.44. The Morgan fingerprint density at radius 2 is 2.17 bits per heavy atom. The van der Waals surface area contributed by atoms with Crippen LogP contribution in [-0.2, 0) is 9.84 Å². The third-order valence-corrected chi connectivity index (χ3v) is 4.63. The van der Waals surface area contributed by atoms with Crippen LogP contribution in [0.15, 0.2) is 11.2 Å². The molecular weight excluding hydrogens is 258 g/mol. The number of nitro groups is 1. The van der Waals surface area contributed by atoms with Gasteiger partial charge in [-0.05, 0) is 18.8 Å². The van der Waals surface area contributed by atoms with Gasteiger partial charge in [0.1, 0.15) is 6.20 Å². The van der Waals surface area contributed by atoms with Gasteiger partial charge in [0.15, 0.2) is 0 Å². The molecule has 8 heteroatoms. The van der Waals surface area contributed by atoms with E-state index < -0.39 is 25.5 Å². The highest BCUT2D eigenvalue weighted by Gasteiger charge is 2.35. The molecule has 1 aromatic heterocycles. The van der Waals surface area contributed by atoms with Crippen LogP contribution < -0.4 is 0 Å². The summed E-state index contributed by atoms with van der Waals surface area (Å²) in [4.78, 5) is 10.2. The summed E-state index contributed by atoms with van der Waals surface area (Å²) < 4.78 is 25.5. The molecule has 1 aliphatic rings. The molecule has 100 valence electrons. The molecule has 0 aromatic carbocycles. The van der Waals surface area contributed by atoms with Crippen molar-refractivity contribution in [3.05, 3.63) is 16.3 Å². The van der Waals surface area contributed by atoms with Crippen LogP contribution in [0.1, 0.15) is 32.7 Å². The van der Waals surface area contributed by atoms with E-state index in [2.05, 4.69) is 5.10 Å². The van der Waals surface area contributed by atoms with E-state index in [0.717, 1.165) is 12.8 Å². The number of nitrogens with zero attached hydrogens (tertiary/aromatic N) is 3. The summed E-state index contributed by atoms with van der Waals surface area (Å²) in [6, 6.07) is 0.117. The van der Waals surface area contributed by atoms with Gasteiger partial charge in [0, 0.05) is 0 Å². The summed E-state index contributed by atoms with van der Waals surface area (Å²) in [6.07, 6.45) is 3.01. The number of sulfone groups is 1. The zero-order chi connectivity index (χ0) is 13.5. The second kappa shape index (κ2) is 4.34. The third kappa shape index (κ3) is 2.53. The fourth-order valence-corrected chi connectivity index (χ4v) is 3.46. The van der Waals surface area contributed by atoms with Crippen molar-refractivity contribution in [3.63, 3.8) is 0 Å². The summed E-state index contributed by atoms with van der Waals surface area (Å²) in [7, 11) is -3.69. The second-order valence-corrected chi connectivity index (χ2v) is 6.91. The van der Waals surface area contributed by atoms with Gasteiger partial charge in [-0.25, -0.2) is 8.42 Å². The molecule has 1 heterocycles. The zero-order valence-electron chi connectivity index (χ0n) is 10.2. The summed E-state index contributed by atoms with van der Waals surface area (Å²) >= 11 is 0. The lowest BCUT2D eigenvalue weighted by atomic mass is 10.3.